The largest absolute Gasteiger partial charge is 0.481 e. The highest BCUT2D eigenvalue weighted by atomic mass is 16.6. The predicted octanol–water partition coefficient (Wildman–Crippen LogP) is 0.974. The first-order valence-electron chi connectivity index (χ1n) is 3.48. The number of carboxylic acid groups (broad SMARTS) is 1. The molecule has 1 aliphatic carbocycles. The van der Waals surface area contributed by atoms with Gasteiger partial charge >= 0.3 is 5.97 Å². The van der Waals surface area contributed by atoms with Crippen LogP contribution in [0, 0.1) is 16.0 Å². The molecular formula is C8H7NO4. The minimum Gasteiger partial charge on any atom is -0.481 e. The third-order valence-electron chi connectivity index (χ3n) is 1.67. The fourth-order valence-electron chi connectivity index (χ4n) is 1.00. The van der Waals surface area contributed by atoms with Gasteiger partial charge in [-0.25, -0.2) is 0 Å². The lowest BCUT2D eigenvalue weighted by molar-refractivity contribution is -0.419. The van der Waals surface area contributed by atoms with Crippen LogP contribution in [0.3, 0.4) is 0 Å². The van der Waals surface area contributed by atoms with Gasteiger partial charge in [0.15, 0.2) is 0 Å². The standard InChI is InChI=1S/C8H7NO4/c1-5-4-6(9(12)13)2-3-7(5)8(10)11/h2-4,7H,1H2,(H,10,11). The van der Waals surface area contributed by atoms with E-state index in [-0.39, 0.29) is 11.3 Å². The van der Waals surface area contributed by atoms with E-state index in [0.29, 0.717) is 0 Å². The van der Waals surface area contributed by atoms with Crippen LogP contribution in [-0.4, -0.2) is 16.0 Å². The summed E-state index contributed by atoms with van der Waals surface area (Å²) >= 11 is 0. The van der Waals surface area contributed by atoms with E-state index in [2.05, 4.69) is 6.58 Å². The second kappa shape index (κ2) is 3.22. The minimum atomic E-state index is -1.06. The van der Waals surface area contributed by atoms with Crippen LogP contribution in [-0.2, 0) is 4.79 Å². The van der Waals surface area contributed by atoms with E-state index in [1.165, 1.54) is 18.2 Å². The molecule has 5 heteroatoms. The Balaban J connectivity index is 2.91. The maximum atomic E-state index is 10.5. The van der Waals surface area contributed by atoms with Crippen LogP contribution in [0.1, 0.15) is 0 Å². The molecule has 0 fully saturated rings. The molecule has 68 valence electrons. The lowest BCUT2D eigenvalue weighted by atomic mass is 9.95. The second-order valence-electron chi connectivity index (χ2n) is 2.58. The molecule has 13 heavy (non-hydrogen) atoms. The smallest absolute Gasteiger partial charge is 0.314 e. The summed E-state index contributed by atoms with van der Waals surface area (Å²) in [5.41, 5.74) is 0.0872. The van der Waals surface area contributed by atoms with Crippen molar-refractivity contribution in [2.75, 3.05) is 0 Å². The Hall–Kier alpha value is -1.91. The Morgan fingerprint density at radius 1 is 1.69 bits per heavy atom. The predicted molar refractivity (Wildman–Crippen MR) is 44.5 cm³/mol. The van der Waals surface area contributed by atoms with Crippen molar-refractivity contribution in [2.45, 2.75) is 0 Å². The average molecular weight is 181 g/mol. The van der Waals surface area contributed by atoms with Crippen LogP contribution >= 0.6 is 0 Å². The van der Waals surface area contributed by atoms with E-state index in [4.69, 9.17) is 5.11 Å². The van der Waals surface area contributed by atoms with Crippen LogP contribution in [0.5, 0.6) is 0 Å². The Labute approximate surface area is 73.8 Å². The van der Waals surface area contributed by atoms with Crippen molar-refractivity contribution in [1.29, 1.82) is 0 Å². The highest BCUT2D eigenvalue weighted by molar-refractivity contribution is 5.77. The summed E-state index contributed by atoms with van der Waals surface area (Å²) in [6, 6.07) is 0. The molecule has 0 radical (unpaired) electrons. The van der Waals surface area contributed by atoms with Gasteiger partial charge in [-0.05, 0) is 5.57 Å². The van der Waals surface area contributed by atoms with Crippen molar-refractivity contribution >= 4 is 5.97 Å². The number of rotatable bonds is 2. The quantitative estimate of drug-likeness (QED) is 0.508. The lowest BCUT2D eigenvalue weighted by Crippen LogP contribution is -2.15. The number of hydrogen-bond donors (Lipinski definition) is 1. The Kier molecular flexibility index (Phi) is 2.27. The molecule has 0 aromatic heterocycles. The zero-order valence-corrected chi connectivity index (χ0v) is 6.64. The van der Waals surface area contributed by atoms with Crippen LogP contribution in [0.2, 0.25) is 0 Å². The zero-order valence-electron chi connectivity index (χ0n) is 6.64. The molecule has 1 atom stereocenters. The molecule has 0 saturated heterocycles. The molecule has 0 aromatic rings. The van der Waals surface area contributed by atoms with Crippen molar-refractivity contribution in [3.05, 3.63) is 46.2 Å². The van der Waals surface area contributed by atoms with Crippen LogP contribution < -0.4 is 0 Å². The summed E-state index contributed by atoms with van der Waals surface area (Å²) in [4.78, 5) is 20.2. The number of carbonyl (C=O) groups is 1. The van der Waals surface area contributed by atoms with Gasteiger partial charge in [0.25, 0.3) is 5.70 Å². The number of hydrogen-bond acceptors (Lipinski definition) is 3. The molecule has 1 rings (SSSR count). The third kappa shape index (κ3) is 1.81. The molecule has 1 unspecified atom stereocenters. The first kappa shape index (κ1) is 9.18. The molecule has 0 saturated carbocycles. The van der Waals surface area contributed by atoms with Crippen molar-refractivity contribution < 1.29 is 14.8 Å². The molecule has 0 amide bonds. The SMILES string of the molecule is C=C1C=C([N+](=O)[O-])C=CC1C(=O)O. The molecule has 0 aromatic carbocycles. The molecule has 0 spiro atoms. The monoisotopic (exact) mass is 181 g/mol. The van der Waals surface area contributed by atoms with Gasteiger partial charge in [-0.2, -0.15) is 0 Å². The minimum absolute atomic E-state index is 0.137. The van der Waals surface area contributed by atoms with Gasteiger partial charge in [0.2, 0.25) is 0 Å². The van der Waals surface area contributed by atoms with Crippen molar-refractivity contribution in [3.8, 4) is 0 Å². The van der Waals surface area contributed by atoms with Gasteiger partial charge in [0.1, 0.15) is 0 Å². The molecule has 0 aliphatic heterocycles. The summed E-state index contributed by atoms with van der Waals surface area (Å²) in [7, 11) is 0. The van der Waals surface area contributed by atoms with E-state index in [9.17, 15) is 14.9 Å². The highest BCUT2D eigenvalue weighted by Crippen LogP contribution is 2.21. The number of nitro groups is 1. The molecule has 1 aliphatic rings. The number of allylic oxidation sites excluding steroid dienone is 2. The normalized spacial score (nSPS) is 21.1. The van der Waals surface area contributed by atoms with Crippen LogP contribution in [0.4, 0.5) is 0 Å². The number of aliphatic carboxylic acids is 1. The second-order valence-corrected chi connectivity index (χ2v) is 2.58. The summed E-state index contributed by atoms with van der Waals surface area (Å²) in [6.07, 6.45) is 3.59. The van der Waals surface area contributed by atoms with Crippen molar-refractivity contribution in [3.63, 3.8) is 0 Å². The topological polar surface area (TPSA) is 80.4 Å². The van der Waals surface area contributed by atoms with Gasteiger partial charge < -0.3 is 5.11 Å². The van der Waals surface area contributed by atoms with Gasteiger partial charge in [-0.15, -0.1) is 0 Å². The summed E-state index contributed by atoms with van der Waals surface area (Å²) in [5, 5.41) is 18.9. The lowest BCUT2D eigenvalue weighted by Gasteiger charge is -2.10. The maximum absolute atomic E-state index is 10.5. The molecule has 5 nitrogen and oxygen atoms in total. The van der Waals surface area contributed by atoms with Gasteiger partial charge in [0, 0.05) is 12.2 Å². The third-order valence-corrected chi connectivity index (χ3v) is 1.67. The molecule has 0 bridgehead atoms. The first-order chi connectivity index (χ1) is 6.02. The van der Waals surface area contributed by atoms with Crippen LogP contribution in [0.25, 0.3) is 0 Å². The highest BCUT2D eigenvalue weighted by Gasteiger charge is 2.23. The first-order valence-corrected chi connectivity index (χ1v) is 3.48. The number of nitrogens with zero attached hydrogens (tertiary/aromatic N) is 1. The van der Waals surface area contributed by atoms with Gasteiger partial charge in [-0.3, -0.25) is 14.9 Å². The fraction of sp³-hybridized carbons (Fsp3) is 0.125. The van der Waals surface area contributed by atoms with Gasteiger partial charge in [-0.1, -0.05) is 12.7 Å². The Morgan fingerprint density at radius 2 is 2.31 bits per heavy atom. The van der Waals surface area contributed by atoms with Crippen LogP contribution in [0.15, 0.2) is 36.1 Å². The maximum Gasteiger partial charge on any atom is 0.314 e. The van der Waals surface area contributed by atoms with Crippen molar-refractivity contribution in [1.82, 2.24) is 0 Å². The summed E-state index contributed by atoms with van der Waals surface area (Å²) in [6.45, 7) is 3.44. The Bertz CT molecular complexity index is 340. The van der Waals surface area contributed by atoms with Crippen molar-refractivity contribution in [2.24, 2.45) is 5.92 Å². The van der Waals surface area contributed by atoms with E-state index >= 15 is 0 Å². The number of carboxylic acids is 1. The molecule has 1 N–H and O–H groups in total. The van der Waals surface area contributed by atoms with E-state index < -0.39 is 16.8 Å². The molecule has 0 heterocycles. The summed E-state index contributed by atoms with van der Waals surface area (Å²) < 4.78 is 0. The van der Waals surface area contributed by atoms with E-state index in [1.54, 1.807) is 0 Å². The average Bonchev–Trinajstić information content (AvgIpc) is 2.03. The van der Waals surface area contributed by atoms with E-state index in [1.807, 2.05) is 0 Å². The van der Waals surface area contributed by atoms with E-state index in [0.717, 1.165) is 0 Å². The zero-order chi connectivity index (χ0) is 10.0. The fourth-order valence-corrected chi connectivity index (χ4v) is 1.00. The van der Waals surface area contributed by atoms with Gasteiger partial charge in [0.05, 0.1) is 10.8 Å². The Morgan fingerprint density at radius 3 is 2.69 bits per heavy atom. The summed E-state index contributed by atoms with van der Waals surface area (Å²) in [5.74, 6) is -1.90. The molecular weight excluding hydrogens is 174 g/mol.